The number of H-pyrrole nitrogens is 1. The molecule has 56 valence electrons. The van der Waals surface area contributed by atoms with Crippen molar-refractivity contribution < 1.29 is 0 Å². The lowest BCUT2D eigenvalue weighted by Gasteiger charge is -2.00. The zero-order valence-electron chi connectivity index (χ0n) is 6.16. The highest BCUT2D eigenvalue weighted by Gasteiger charge is 1.98. The van der Waals surface area contributed by atoms with Crippen LogP contribution in [0.5, 0.6) is 0 Å². The van der Waals surface area contributed by atoms with Crippen molar-refractivity contribution in [3.05, 3.63) is 16.8 Å². The summed E-state index contributed by atoms with van der Waals surface area (Å²) in [6.07, 6.45) is 1.41. The molecule has 0 saturated carbocycles. The molecule has 0 amide bonds. The maximum Gasteiger partial charge on any atom is 0.343 e. The molecule has 4 nitrogen and oxygen atoms in total. The average molecular weight is 141 g/mol. The molecule has 0 unspecified atom stereocenters. The Morgan fingerprint density at radius 2 is 2.50 bits per heavy atom. The second-order valence-electron chi connectivity index (χ2n) is 2.67. The normalized spacial score (nSPS) is 10.7. The second kappa shape index (κ2) is 2.68. The van der Waals surface area contributed by atoms with Gasteiger partial charge in [-0.1, -0.05) is 13.8 Å². The summed E-state index contributed by atoms with van der Waals surface area (Å²) in [5.41, 5.74) is -0.131. The van der Waals surface area contributed by atoms with Gasteiger partial charge in [-0.3, -0.25) is 4.98 Å². The summed E-state index contributed by atoms with van der Waals surface area (Å²) >= 11 is 0. The summed E-state index contributed by atoms with van der Waals surface area (Å²) < 4.78 is 1.42. The topological polar surface area (TPSA) is 50.7 Å². The van der Waals surface area contributed by atoms with Gasteiger partial charge in [-0.05, 0) is 5.92 Å². The van der Waals surface area contributed by atoms with E-state index < -0.39 is 0 Å². The Bertz CT molecular complexity index is 247. The highest BCUT2D eigenvalue weighted by molar-refractivity contribution is 4.60. The molecule has 0 spiro atoms. The number of nitrogens with one attached hydrogen (secondary N) is 1. The van der Waals surface area contributed by atoms with Crippen molar-refractivity contribution in [3.8, 4) is 0 Å². The minimum Gasteiger partial charge on any atom is -0.295 e. The number of hydrogen-bond acceptors (Lipinski definition) is 2. The quantitative estimate of drug-likeness (QED) is 0.640. The summed E-state index contributed by atoms with van der Waals surface area (Å²) in [5.74, 6) is 0.459. The van der Waals surface area contributed by atoms with E-state index in [9.17, 15) is 4.79 Å². The van der Waals surface area contributed by atoms with Crippen molar-refractivity contribution >= 4 is 0 Å². The van der Waals surface area contributed by atoms with Gasteiger partial charge in [0, 0.05) is 6.54 Å². The molecule has 1 heterocycles. The maximum absolute atomic E-state index is 10.8. The van der Waals surface area contributed by atoms with Gasteiger partial charge in [0.25, 0.3) is 0 Å². The van der Waals surface area contributed by atoms with Gasteiger partial charge in [-0.2, -0.15) is 5.10 Å². The van der Waals surface area contributed by atoms with Crippen LogP contribution in [-0.2, 0) is 6.54 Å². The van der Waals surface area contributed by atoms with Crippen LogP contribution in [0.25, 0.3) is 0 Å². The van der Waals surface area contributed by atoms with Gasteiger partial charge < -0.3 is 0 Å². The van der Waals surface area contributed by atoms with Gasteiger partial charge >= 0.3 is 5.69 Å². The molecule has 0 aromatic carbocycles. The van der Waals surface area contributed by atoms with Gasteiger partial charge in [0.2, 0.25) is 0 Å². The molecule has 0 saturated heterocycles. The van der Waals surface area contributed by atoms with E-state index in [-0.39, 0.29) is 5.69 Å². The zero-order valence-corrected chi connectivity index (χ0v) is 6.16. The lowest BCUT2D eigenvalue weighted by molar-refractivity contribution is 0.471. The molecular formula is C6H11N3O. The van der Waals surface area contributed by atoms with Crippen LogP contribution in [0.4, 0.5) is 0 Å². The van der Waals surface area contributed by atoms with Crippen molar-refractivity contribution in [1.82, 2.24) is 14.8 Å². The van der Waals surface area contributed by atoms with E-state index in [1.165, 1.54) is 11.0 Å². The predicted octanol–water partition coefficient (Wildman–Crippen LogP) is 0.227. The molecule has 1 rings (SSSR count). The van der Waals surface area contributed by atoms with Crippen molar-refractivity contribution in [2.45, 2.75) is 20.4 Å². The Labute approximate surface area is 58.9 Å². The van der Waals surface area contributed by atoms with Crippen LogP contribution in [0.2, 0.25) is 0 Å². The molecule has 1 aromatic rings. The molecule has 4 heteroatoms. The van der Waals surface area contributed by atoms with Crippen LogP contribution >= 0.6 is 0 Å². The molecule has 1 aromatic heterocycles. The van der Waals surface area contributed by atoms with E-state index in [4.69, 9.17) is 0 Å². The molecule has 1 N–H and O–H groups in total. The molecule has 10 heavy (non-hydrogen) atoms. The van der Waals surface area contributed by atoms with Gasteiger partial charge in [0.15, 0.2) is 0 Å². The van der Waals surface area contributed by atoms with Crippen LogP contribution in [0, 0.1) is 5.92 Å². The number of hydrogen-bond donors (Lipinski definition) is 1. The Morgan fingerprint density at radius 3 is 2.90 bits per heavy atom. The van der Waals surface area contributed by atoms with E-state index in [0.29, 0.717) is 12.5 Å². The summed E-state index contributed by atoms with van der Waals surface area (Å²) in [6, 6.07) is 0. The van der Waals surface area contributed by atoms with Crippen molar-refractivity contribution in [3.63, 3.8) is 0 Å². The molecule has 0 fully saturated rings. The van der Waals surface area contributed by atoms with Crippen molar-refractivity contribution in [2.24, 2.45) is 5.92 Å². The first-order chi connectivity index (χ1) is 4.70. The summed E-state index contributed by atoms with van der Waals surface area (Å²) in [7, 11) is 0. The number of rotatable bonds is 2. The number of nitrogens with zero attached hydrogens (tertiary/aromatic N) is 2. The Balaban J connectivity index is 2.75. The van der Waals surface area contributed by atoms with Crippen LogP contribution in [0.3, 0.4) is 0 Å². The van der Waals surface area contributed by atoms with Gasteiger partial charge in [-0.15, -0.1) is 0 Å². The third kappa shape index (κ3) is 1.46. The fraction of sp³-hybridized carbons (Fsp3) is 0.667. The highest BCUT2D eigenvalue weighted by atomic mass is 16.1. The molecule has 0 radical (unpaired) electrons. The first-order valence-corrected chi connectivity index (χ1v) is 3.30. The van der Waals surface area contributed by atoms with Crippen LogP contribution < -0.4 is 5.69 Å². The lowest BCUT2D eigenvalue weighted by Crippen LogP contribution is -2.20. The van der Waals surface area contributed by atoms with Gasteiger partial charge in [-0.25, -0.2) is 9.48 Å². The summed E-state index contributed by atoms with van der Waals surface area (Å²) in [5, 5.41) is 3.80. The minimum atomic E-state index is -0.131. The van der Waals surface area contributed by atoms with E-state index in [2.05, 4.69) is 10.1 Å². The van der Waals surface area contributed by atoms with E-state index in [1.54, 1.807) is 0 Å². The number of aromatic nitrogens is 3. The van der Waals surface area contributed by atoms with E-state index in [0.717, 1.165) is 0 Å². The second-order valence-corrected chi connectivity index (χ2v) is 2.67. The Hall–Kier alpha value is -1.06. The fourth-order valence-electron chi connectivity index (χ4n) is 0.757. The van der Waals surface area contributed by atoms with Crippen LogP contribution in [0.15, 0.2) is 11.1 Å². The predicted molar refractivity (Wildman–Crippen MR) is 37.7 cm³/mol. The number of aromatic amines is 1. The van der Waals surface area contributed by atoms with Gasteiger partial charge in [0.05, 0.1) is 0 Å². The monoisotopic (exact) mass is 141 g/mol. The largest absolute Gasteiger partial charge is 0.343 e. The molecule has 0 bridgehead atoms. The minimum absolute atomic E-state index is 0.131. The van der Waals surface area contributed by atoms with Crippen LogP contribution in [-0.4, -0.2) is 14.8 Å². The highest BCUT2D eigenvalue weighted by Crippen LogP contribution is 1.92. The standard InChI is InChI=1S/C6H11N3O/c1-5(2)3-9-6(10)7-4-8-9/h4-5H,3H2,1-2H3,(H,7,8,10). The first kappa shape index (κ1) is 7.05. The fourth-order valence-corrected chi connectivity index (χ4v) is 0.757. The molecule has 0 aliphatic heterocycles. The summed E-state index contributed by atoms with van der Waals surface area (Å²) in [4.78, 5) is 13.3. The molecule has 0 aliphatic rings. The summed E-state index contributed by atoms with van der Waals surface area (Å²) in [6.45, 7) is 4.77. The smallest absolute Gasteiger partial charge is 0.295 e. The van der Waals surface area contributed by atoms with E-state index in [1.807, 2.05) is 13.8 Å². The maximum atomic E-state index is 10.8. The molecular weight excluding hydrogens is 130 g/mol. The third-order valence-corrected chi connectivity index (χ3v) is 1.16. The molecule has 0 aliphatic carbocycles. The zero-order chi connectivity index (χ0) is 7.56. The molecule has 0 atom stereocenters. The van der Waals surface area contributed by atoms with Crippen LogP contribution in [0.1, 0.15) is 13.8 Å². The SMILES string of the molecule is CC(C)Cn1nc[nH]c1=O. The average Bonchev–Trinajstić information content (AvgIpc) is 2.15. The Kier molecular flexibility index (Phi) is 1.89. The van der Waals surface area contributed by atoms with Crippen molar-refractivity contribution in [2.75, 3.05) is 0 Å². The van der Waals surface area contributed by atoms with Crippen molar-refractivity contribution in [1.29, 1.82) is 0 Å². The first-order valence-electron chi connectivity index (χ1n) is 3.30. The Morgan fingerprint density at radius 1 is 1.80 bits per heavy atom. The lowest BCUT2D eigenvalue weighted by atomic mass is 10.2. The van der Waals surface area contributed by atoms with Gasteiger partial charge in [0.1, 0.15) is 6.33 Å². The van der Waals surface area contributed by atoms with E-state index >= 15 is 0 Å². The third-order valence-electron chi connectivity index (χ3n) is 1.16.